The Bertz CT molecular complexity index is 577. The van der Waals surface area contributed by atoms with Gasteiger partial charge in [0.2, 0.25) is 11.8 Å². The average molecular weight is 276 g/mol. The number of esters is 1. The molecule has 6 nitrogen and oxygen atoms in total. The fourth-order valence-corrected chi connectivity index (χ4v) is 1.68. The maximum absolute atomic E-state index is 11.9. The monoisotopic (exact) mass is 276 g/mol. The highest BCUT2D eigenvalue weighted by Crippen LogP contribution is 2.18. The molecule has 0 saturated carbocycles. The van der Waals surface area contributed by atoms with Gasteiger partial charge in [0.1, 0.15) is 6.10 Å². The Morgan fingerprint density at radius 2 is 2.00 bits per heavy atom. The molecule has 0 amide bonds. The first-order valence-corrected chi connectivity index (χ1v) is 6.20. The van der Waals surface area contributed by atoms with Crippen molar-refractivity contribution >= 4 is 5.97 Å². The van der Waals surface area contributed by atoms with Gasteiger partial charge in [-0.1, -0.05) is 0 Å². The lowest BCUT2D eigenvalue weighted by Gasteiger charge is -2.11. The van der Waals surface area contributed by atoms with Gasteiger partial charge in [0.15, 0.2) is 0 Å². The molecule has 106 valence electrons. The van der Waals surface area contributed by atoms with E-state index in [4.69, 9.17) is 13.9 Å². The van der Waals surface area contributed by atoms with Gasteiger partial charge in [0.25, 0.3) is 0 Å². The molecule has 0 aliphatic rings. The molecule has 0 saturated heterocycles. The van der Waals surface area contributed by atoms with Gasteiger partial charge in [-0.25, -0.2) is 4.79 Å². The first kappa shape index (κ1) is 14.2. The van der Waals surface area contributed by atoms with Crippen LogP contribution in [-0.4, -0.2) is 36.0 Å². The minimum atomic E-state index is -0.386. The molecule has 0 aliphatic heterocycles. The van der Waals surface area contributed by atoms with Crippen LogP contribution in [0.4, 0.5) is 0 Å². The van der Waals surface area contributed by atoms with E-state index in [-0.39, 0.29) is 12.1 Å². The summed E-state index contributed by atoms with van der Waals surface area (Å²) in [6.07, 6.45) is -0.286. The first-order valence-electron chi connectivity index (χ1n) is 6.20. The number of hydrogen-bond acceptors (Lipinski definition) is 6. The maximum atomic E-state index is 11.9. The molecule has 0 N–H and O–H groups in total. The van der Waals surface area contributed by atoms with Crippen molar-refractivity contribution in [1.82, 2.24) is 10.2 Å². The van der Waals surface area contributed by atoms with Crippen molar-refractivity contribution in [2.45, 2.75) is 20.0 Å². The second kappa shape index (κ2) is 6.29. The molecule has 6 heteroatoms. The van der Waals surface area contributed by atoms with Gasteiger partial charge in [-0.05, 0) is 31.2 Å². The summed E-state index contributed by atoms with van der Waals surface area (Å²) >= 11 is 0. The van der Waals surface area contributed by atoms with Crippen LogP contribution in [0.1, 0.15) is 23.2 Å². The van der Waals surface area contributed by atoms with E-state index < -0.39 is 0 Å². The van der Waals surface area contributed by atoms with Crippen molar-refractivity contribution in [2.24, 2.45) is 0 Å². The minimum Gasteiger partial charge on any atom is -0.457 e. The van der Waals surface area contributed by atoms with Crippen LogP contribution in [0.25, 0.3) is 11.5 Å². The van der Waals surface area contributed by atoms with Crippen molar-refractivity contribution in [1.29, 1.82) is 0 Å². The Morgan fingerprint density at radius 1 is 1.30 bits per heavy atom. The van der Waals surface area contributed by atoms with E-state index in [0.717, 1.165) is 5.56 Å². The zero-order chi connectivity index (χ0) is 14.5. The first-order chi connectivity index (χ1) is 9.60. The molecule has 1 aromatic carbocycles. The number of nitrogens with zero attached hydrogens (tertiary/aromatic N) is 2. The largest absolute Gasteiger partial charge is 0.457 e. The molecule has 0 aliphatic carbocycles. The maximum Gasteiger partial charge on any atom is 0.338 e. The van der Waals surface area contributed by atoms with Crippen LogP contribution in [0, 0.1) is 6.92 Å². The SMILES string of the molecule is COCC(C)OC(=O)c1ccc(-c2nnc(C)o2)cc1. The van der Waals surface area contributed by atoms with Crippen LogP contribution in [0.2, 0.25) is 0 Å². The van der Waals surface area contributed by atoms with E-state index in [2.05, 4.69) is 10.2 Å². The predicted molar refractivity (Wildman–Crippen MR) is 71.2 cm³/mol. The van der Waals surface area contributed by atoms with Crippen LogP contribution in [0.5, 0.6) is 0 Å². The third-order valence-electron chi connectivity index (χ3n) is 2.60. The van der Waals surface area contributed by atoms with Gasteiger partial charge in [0.05, 0.1) is 12.2 Å². The molecule has 2 aromatic rings. The predicted octanol–water partition coefficient (Wildman–Crippen LogP) is 2.24. The number of methoxy groups -OCH3 is 1. The average Bonchev–Trinajstić information content (AvgIpc) is 2.86. The number of carbonyl (C=O) groups is 1. The summed E-state index contributed by atoms with van der Waals surface area (Å²) in [5, 5.41) is 7.67. The Kier molecular flexibility index (Phi) is 4.47. The van der Waals surface area contributed by atoms with Gasteiger partial charge >= 0.3 is 5.97 Å². The van der Waals surface area contributed by atoms with Gasteiger partial charge < -0.3 is 13.9 Å². The van der Waals surface area contributed by atoms with Crippen molar-refractivity contribution in [2.75, 3.05) is 13.7 Å². The zero-order valence-corrected chi connectivity index (χ0v) is 11.6. The van der Waals surface area contributed by atoms with Gasteiger partial charge in [-0.2, -0.15) is 0 Å². The van der Waals surface area contributed by atoms with E-state index in [1.165, 1.54) is 0 Å². The lowest BCUT2D eigenvalue weighted by Crippen LogP contribution is -2.19. The molecule has 0 radical (unpaired) electrons. The zero-order valence-electron chi connectivity index (χ0n) is 11.6. The molecular formula is C14H16N2O4. The van der Waals surface area contributed by atoms with Crippen LogP contribution < -0.4 is 0 Å². The molecule has 1 heterocycles. The van der Waals surface area contributed by atoms with Crippen molar-refractivity contribution in [3.8, 4) is 11.5 Å². The normalized spacial score (nSPS) is 12.2. The molecule has 1 aromatic heterocycles. The summed E-state index contributed by atoms with van der Waals surface area (Å²) in [6, 6.07) is 6.81. The Hall–Kier alpha value is -2.21. The number of aromatic nitrogens is 2. The van der Waals surface area contributed by atoms with E-state index in [9.17, 15) is 4.79 Å². The second-order valence-corrected chi connectivity index (χ2v) is 4.37. The molecular weight excluding hydrogens is 260 g/mol. The Labute approximate surface area is 116 Å². The summed E-state index contributed by atoms with van der Waals surface area (Å²) in [4.78, 5) is 11.9. The summed E-state index contributed by atoms with van der Waals surface area (Å²) in [6.45, 7) is 3.86. The van der Waals surface area contributed by atoms with Crippen molar-refractivity contribution < 1.29 is 18.7 Å². The standard InChI is InChI=1S/C14H16N2O4/c1-9(8-18-3)19-14(17)12-6-4-11(5-7-12)13-16-15-10(2)20-13/h4-7,9H,8H2,1-3H3. The number of benzene rings is 1. The summed E-state index contributed by atoms with van der Waals surface area (Å²) in [7, 11) is 1.56. The Morgan fingerprint density at radius 3 is 2.55 bits per heavy atom. The van der Waals surface area contributed by atoms with Gasteiger partial charge in [-0.15, -0.1) is 10.2 Å². The smallest absolute Gasteiger partial charge is 0.338 e. The topological polar surface area (TPSA) is 74.5 Å². The summed E-state index contributed by atoms with van der Waals surface area (Å²) < 4.78 is 15.4. The molecule has 1 atom stereocenters. The highest BCUT2D eigenvalue weighted by molar-refractivity contribution is 5.90. The molecule has 0 spiro atoms. The van der Waals surface area contributed by atoms with Crippen molar-refractivity contribution in [3.05, 3.63) is 35.7 Å². The Balaban J connectivity index is 2.06. The molecule has 0 fully saturated rings. The van der Waals surface area contributed by atoms with E-state index in [1.807, 2.05) is 0 Å². The lowest BCUT2D eigenvalue weighted by molar-refractivity contribution is 0.0120. The second-order valence-electron chi connectivity index (χ2n) is 4.37. The van der Waals surface area contributed by atoms with Gasteiger partial charge in [-0.3, -0.25) is 0 Å². The number of carbonyl (C=O) groups excluding carboxylic acids is 1. The van der Waals surface area contributed by atoms with E-state index in [1.54, 1.807) is 45.2 Å². The molecule has 0 bridgehead atoms. The molecule has 20 heavy (non-hydrogen) atoms. The highest BCUT2D eigenvalue weighted by Gasteiger charge is 2.13. The summed E-state index contributed by atoms with van der Waals surface area (Å²) in [5.74, 6) is 0.537. The number of aryl methyl sites for hydroxylation is 1. The number of rotatable bonds is 5. The molecule has 2 rings (SSSR count). The van der Waals surface area contributed by atoms with Crippen LogP contribution >= 0.6 is 0 Å². The third kappa shape index (κ3) is 3.42. The van der Waals surface area contributed by atoms with Crippen LogP contribution in [0.3, 0.4) is 0 Å². The van der Waals surface area contributed by atoms with Gasteiger partial charge in [0, 0.05) is 19.6 Å². The van der Waals surface area contributed by atoms with Crippen LogP contribution in [0.15, 0.2) is 28.7 Å². The minimum absolute atomic E-state index is 0.286. The van der Waals surface area contributed by atoms with E-state index >= 15 is 0 Å². The highest BCUT2D eigenvalue weighted by atomic mass is 16.6. The third-order valence-corrected chi connectivity index (χ3v) is 2.60. The lowest BCUT2D eigenvalue weighted by atomic mass is 10.1. The van der Waals surface area contributed by atoms with E-state index in [0.29, 0.717) is 24.0 Å². The number of hydrogen-bond donors (Lipinski definition) is 0. The number of ether oxygens (including phenoxy) is 2. The molecule has 1 unspecified atom stereocenters. The fourth-order valence-electron chi connectivity index (χ4n) is 1.68. The quantitative estimate of drug-likeness (QED) is 0.780. The summed E-state index contributed by atoms with van der Waals surface area (Å²) in [5.41, 5.74) is 1.22. The van der Waals surface area contributed by atoms with Crippen LogP contribution in [-0.2, 0) is 9.47 Å². The van der Waals surface area contributed by atoms with Crippen molar-refractivity contribution in [3.63, 3.8) is 0 Å². The fraction of sp³-hybridized carbons (Fsp3) is 0.357.